The van der Waals surface area contributed by atoms with E-state index >= 15 is 0 Å². The molecule has 0 saturated carbocycles. The number of nitrogens with one attached hydrogen (secondary N) is 2. The molecule has 0 radical (unpaired) electrons. The van der Waals surface area contributed by atoms with Crippen LogP contribution in [0.1, 0.15) is 47.2 Å². The predicted octanol–water partition coefficient (Wildman–Crippen LogP) is 3.22. The van der Waals surface area contributed by atoms with Gasteiger partial charge in [-0.15, -0.1) is 0 Å². The first-order chi connectivity index (χ1) is 12.6. The topological polar surface area (TPSA) is 74.6 Å². The van der Waals surface area contributed by atoms with Crippen LogP contribution < -0.4 is 10.6 Å². The first-order valence-electron chi connectivity index (χ1n) is 8.69. The fraction of sp³-hybridized carbons (Fsp3) is 0.368. The molecule has 3 amide bonds. The Bertz CT molecular complexity index is 790. The highest BCUT2D eigenvalue weighted by atomic mass is 19.1. The average molecular weight is 359 g/mol. The molecule has 138 valence electrons. The highest BCUT2D eigenvalue weighted by Crippen LogP contribution is 2.31. The van der Waals surface area contributed by atoms with Gasteiger partial charge >= 0.3 is 6.03 Å². The lowest BCUT2D eigenvalue weighted by atomic mass is 9.95. The van der Waals surface area contributed by atoms with Crippen molar-refractivity contribution in [2.75, 3.05) is 13.6 Å². The zero-order valence-corrected chi connectivity index (χ0v) is 14.6. The normalized spacial score (nSPS) is 17.0. The Kier molecular flexibility index (Phi) is 5.55. The third-order valence-corrected chi connectivity index (χ3v) is 4.52. The number of hydrogen-bond donors (Lipinski definition) is 2. The highest BCUT2D eigenvalue weighted by molar-refractivity contribution is 5.91. The second kappa shape index (κ2) is 8.03. The Labute approximate surface area is 151 Å². The Balaban J connectivity index is 1.65. The number of hydrogen-bond acceptors (Lipinski definition) is 3. The van der Waals surface area contributed by atoms with Crippen molar-refractivity contribution in [3.05, 3.63) is 59.3 Å². The van der Waals surface area contributed by atoms with Crippen molar-refractivity contribution in [3.8, 4) is 0 Å². The zero-order valence-electron chi connectivity index (χ0n) is 14.6. The molecule has 1 aliphatic rings. The summed E-state index contributed by atoms with van der Waals surface area (Å²) in [5.41, 5.74) is 0.805. The minimum atomic E-state index is -0.315. The molecule has 1 aromatic carbocycles. The Hall–Kier alpha value is -2.83. The van der Waals surface area contributed by atoms with Gasteiger partial charge in [-0.3, -0.25) is 4.79 Å². The second-order valence-corrected chi connectivity index (χ2v) is 6.26. The molecule has 2 heterocycles. The summed E-state index contributed by atoms with van der Waals surface area (Å²) < 4.78 is 19.0. The summed E-state index contributed by atoms with van der Waals surface area (Å²) >= 11 is 0. The van der Waals surface area contributed by atoms with E-state index in [1.807, 2.05) is 6.07 Å². The lowest BCUT2D eigenvalue weighted by Gasteiger charge is -2.36. The van der Waals surface area contributed by atoms with Gasteiger partial charge in [-0.1, -0.05) is 12.1 Å². The van der Waals surface area contributed by atoms with E-state index in [0.717, 1.165) is 24.8 Å². The number of piperidine rings is 1. The maximum Gasteiger partial charge on any atom is 0.318 e. The summed E-state index contributed by atoms with van der Waals surface area (Å²) in [7, 11) is 1.52. The number of carbonyl (C=O) groups is 2. The lowest BCUT2D eigenvalue weighted by molar-refractivity contribution is 0.0933. The second-order valence-electron chi connectivity index (χ2n) is 6.26. The van der Waals surface area contributed by atoms with E-state index < -0.39 is 0 Å². The van der Waals surface area contributed by atoms with Crippen molar-refractivity contribution in [1.29, 1.82) is 0 Å². The molecule has 26 heavy (non-hydrogen) atoms. The SMILES string of the molecule is CNC(=O)c1ccc(CNC(=O)N2CCCC[C@H]2c2cccc(F)c2)o1. The fourth-order valence-corrected chi connectivity index (χ4v) is 3.22. The molecule has 1 aromatic heterocycles. The molecule has 2 aromatic rings. The third-order valence-electron chi connectivity index (χ3n) is 4.52. The number of urea groups is 1. The van der Waals surface area contributed by atoms with Crippen LogP contribution in [0, 0.1) is 5.82 Å². The van der Waals surface area contributed by atoms with Crippen LogP contribution in [-0.2, 0) is 6.54 Å². The molecule has 7 heteroatoms. The number of likely N-dealkylation sites (tertiary alicyclic amines) is 1. The average Bonchev–Trinajstić information content (AvgIpc) is 3.14. The maximum atomic E-state index is 13.6. The first-order valence-corrected chi connectivity index (χ1v) is 8.69. The molecule has 1 fully saturated rings. The Morgan fingerprint density at radius 3 is 2.88 bits per heavy atom. The highest BCUT2D eigenvalue weighted by Gasteiger charge is 2.28. The van der Waals surface area contributed by atoms with Crippen LogP contribution >= 0.6 is 0 Å². The summed E-state index contributed by atoms with van der Waals surface area (Å²) in [6, 6.07) is 9.26. The van der Waals surface area contributed by atoms with Crippen LogP contribution in [0.4, 0.5) is 9.18 Å². The van der Waals surface area contributed by atoms with Crippen molar-refractivity contribution < 1.29 is 18.4 Å². The number of halogens is 1. The van der Waals surface area contributed by atoms with Gasteiger partial charge in [0.2, 0.25) is 0 Å². The van der Waals surface area contributed by atoms with Gasteiger partial charge < -0.3 is 20.0 Å². The van der Waals surface area contributed by atoms with E-state index in [2.05, 4.69) is 10.6 Å². The van der Waals surface area contributed by atoms with Gasteiger partial charge in [-0.2, -0.15) is 0 Å². The minimum Gasteiger partial charge on any atom is -0.454 e. The number of nitrogens with zero attached hydrogens (tertiary/aromatic N) is 1. The van der Waals surface area contributed by atoms with Gasteiger partial charge in [0, 0.05) is 13.6 Å². The standard InChI is InChI=1S/C19H22FN3O3/c1-21-18(24)17-9-8-15(26-17)12-22-19(25)23-10-3-2-7-16(23)13-5-4-6-14(20)11-13/h4-6,8-9,11,16H,2-3,7,10,12H2,1H3,(H,21,24)(H,22,25)/t16-/m0/s1. The van der Waals surface area contributed by atoms with E-state index in [0.29, 0.717) is 12.3 Å². The van der Waals surface area contributed by atoms with Gasteiger partial charge in [0.25, 0.3) is 5.91 Å². The molecule has 1 atom stereocenters. The Morgan fingerprint density at radius 2 is 2.12 bits per heavy atom. The summed E-state index contributed by atoms with van der Waals surface area (Å²) in [4.78, 5) is 25.9. The van der Waals surface area contributed by atoms with E-state index in [1.165, 1.54) is 19.2 Å². The maximum absolute atomic E-state index is 13.6. The number of carbonyl (C=O) groups excluding carboxylic acids is 2. The molecule has 2 N–H and O–H groups in total. The number of rotatable bonds is 4. The van der Waals surface area contributed by atoms with Crippen LogP contribution in [0.5, 0.6) is 0 Å². The summed E-state index contributed by atoms with van der Waals surface area (Å²) in [6.07, 6.45) is 2.72. The van der Waals surface area contributed by atoms with Crippen LogP contribution in [0.3, 0.4) is 0 Å². The monoisotopic (exact) mass is 359 g/mol. The van der Waals surface area contributed by atoms with Gasteiger partial charge in [0.1, 0.15) is 11.6 Å². The van der Waals surface area contributed by atoms with Crippen LogP contribution in [0.2, 0.25) is 0 Å². The summed E-state index contributed by atoms with van der Waals surface area (Å²) in [5, 5.41) is 5.30. The van der Waals surface area contributed by atoms with E-state index in [4.69, 9.17) is 4.42 Å². The summed E-state index contributed by atoms with van der Waals surface area (Å²) in [5.74, 6) is 0.0825. The van der Waals surface area contributed by atoms with Crippen molar-refractivity contribution in [2.45, 2.75) is 31.8 Å². The van der Waals surface area contributed by atoms with Crippen LogP contribution in [0.25, 0.3) is 0 Å². The molecule has 0 aliphatic carbocycles. The molecule has 0 unspecified atom stereocenters. The van der Waals surface area contributed by atoms with Crippen molar-refractivity contribution >= 4 is 11.9 Å². The zero-order chi connectivity index (χ0) is 18.5. The van der Waals surface area contributed by atoms with E-state index in [9.17, 15) is 14.0 Å². The first kappa shape index (κ1) is 18.0. The van der Waals surface area contributed by atoms with Gasteiger partial charge in [-0.05, 0) is 49.1 Å². The fourth-order valence-electron chi connectivity index (χ4n) is 3.22. The van der Waals surface area contributed by atoms with Gasteiger partial charge in [-0.25, -0.2) is 9.18 Å². The molecule has 6 nitrogen and oxygen atoms in total. The minimum absolute atomic E-state index is 0.141. The molecule has 3 rings (SSSR count). The number of benzene rings is 1. The van der Waals surface area contributed by atoms with E-state index in [1.54, 1.807) is 23.1 Å². The quantitative estimate of drug-likeness (QED) is 0.880. The van der Waals surface area contributed by atoms with Gasteiger partial charge in [0.15, 0.2) is 5.76 Å². The number of furan rings is 1. The molecular formula is C19H22FN3O3. The van der Waals surface area contributed by atoms with Crippen molar-refractivity contribution in [2.24, 2.45) is 0 Å². The summed E-state index contributed by atoms with van der Waals surface area (Å²) in [6.45, 7) is 0.802. The third kappa shape index (κ3) is 4.04. The van der Waals surface area contributed by atoms with Crippen LogP contribution in [-0.4, -0.2) is 30.4 Å². The Morgan fingerprint density at radius 1 is 1.27 bits per heavy atom. The molecular weight excluding hydrogens is 337 g/mol. The van der Waals surface area contributed by atoms with Gasteiger partial charge in [0.05, 0.1) is 12.6 Å². The molecule has 1 saturated heterocycles. The molecule has 0 spiro atoms. The van der Waals surface area contributed by atoms with Crippen molar-refractivity contribution in [1.82, 2.24) is 15.5 Å². The molecule has 0 bridgehead atoms. The largest absolute Gasteiger partial charge is 0.454 e. The van der Waals surface area contributed by atoms with Crippen molar-refractivity contribution in [3.63, 3.8) is 0 Å². The smallest absolute Gasteiger partial charge is 0.318 e. The molecule has 1 aliphatic heterocycles. The predicted molar refractivity (Wildman–Crippen MR) is 94.0 cm³/mol. The van der Waals surface area contributed by atoms with Crippen LogP contribution in [0.15, 0.2) is 40.8 Å². The lowest BCUT2D eigenvalue weighted by Crippen LogP contribution is -2.44. The van der Waals surface area contributed by atoms with E-state index in [-0.39, 0.29) is 36.1 Å². The number of amides is 3.